The van der Waals surface area contributed by atoms with E-state index in [1.165, 1.54) is 30.7 Å². The first-order valence-electron chi connectivity index (χ1n) is 6.99. The molecule has 3 rings (SSSR count). The molecule has 0 radical (unpaired) electrons. The Bertz CT molecular complexity index is 351. The van der Waals surface area contributed by atoms with E-state index in [1.54, 1.807) is 0 Å². The molecule has 1 N–H and O–H groups in total. The molecule has 4 heteroatoms. The molecule has 0 aromatic carbocycles. The molecule has 0 bridgehead atoms. The summed E-state index contributed by atoms with van der Waals surface area (Å²) in [5.74, 6) is 0. The van der Waals surface area contributed by atoms with Crippen LogP contribution in [0, 0.1) is 0 Å². The summed E-state index contributed by atoms with van der Waals surface area (Å²) in [7, 11) is 0. The van der Waals surface area contributed by atoms with Crippen LogP contribution in [0.15, 0.2) is 17.5 Å². The third kappa shape index (κ3) is 3.54. The highest BCUT2D eigenvalue weighted by atomic mass is 32.1. The van der Waals surface area contributed by atoms with Crippen LogP contribution >= 0.6 is 11.3 Å². The fraction of sp³-hybridized carbons (Fsp3) is 0.714. The van der Waals surface area contributed by atoms with Gasteiger partial charge in [-0.05, 0) is 30.7 Å². The maximum absolute atomic E-state index is 5.62. The first kappa shape index (κ1) is 12.6. The molecule has 1 aliphatic carbocycles. The topological polar surface area (TPSA) is 24.5 Å². The number of ether oxygens (including phenoxy) is 1. The van der Waals surface area contributed by atoms with Gasteiger partial charge in [-0.1, -0.05) is 6.07 Å². The highest BCUT2D eigenvalue weighted by Crippen LogP contribution is 2.19. The van der Waals surface area contributed by atoms with Gasteiger partial charge in [0.05, 0.1) is 13.2 Å². The Morgan fingerprint density at radius 2 is 2.39 bits per heavy atom. The summed E-state index contributed by atoms with van der Waals surface area (Å²) in [6.07, 6.45) is 3.91. The van der Waals surface area contributed by atoms with Crippen LogP contribution in [0.1, 0.15) is 17.7 Å². The van der Waals surface area contributed by atoms with Gasteiger partial charge >= 0.3 is 0 Å². The molecule has 1 saturated heterocycles. The molecule has 0 amide bonds. The van der Waals surface area contributed by atoms with Crippen molar-refractivity contribution >= 4 is 11.3 Å². The molecular formula is C14H22N2OS. The zero-order chi connectivity index (χ0) is 12.2. The lowest BCUT2D eigenvalue weighted by Gasteiger charge is -2.35. The monoisotopic (exact) mass is 266 g/mol. The van der Waals surface area contributed by atoms with Crippen LogP contribution in [0.4, 0.5) is 0 Å². The Kier molecular flexibility index (Phi) is 4.31. The Morgan fingerprint density at radius 3 is 3.17 bits per heavy atom. The van der Waals surface area contributed by atoms with E-state index in [2.05, 4.69) is 27.7 Å². The molecule has 1 aromatic heterocycles. The van der Waals surface area contributed by atoms with Gasteiger partial charge in [-0.2, -0.15) is 0 Å². The second-order valence-electron chi connectivity index (χ2n) is 5.28. The fourth-order valence-electron chi connectivity index (χ4n) is 2.47. The standard InChI is InChI=1S/C14H22N2OS/c1-2-14(18-9-1)5-6-16-7-8-17-11-13(16)10-15-12-3-4-12/h1-2,9,12-13,15H,3-8,10-11H2. The van der Waals surface area contributed by atoms with Gasteiger partial charge in [-0.3, -0.25) is 4.90 Å². The Hall–Kier alpha value is -0.420. The van der Waals surface area contributed by atoms with Crippen LogP contribution in [0.2, 0.25) is 0 Å². The Balaban J connectivity index is 1.47. The predicted octanol–water partition coefficient (Wildman–Crippen LogP) is 1.74. The molecular weight excluding hydrogens is 244 g/mol. The van der Waals surface area contributed by atoms with Crippen molar-refractivity contribution in [2.45, 2.75) is 31.3 Å². The van der Waals surface area contributed by atoms with Gasteiger partial charge in [0.2, 0.25) is 0 Å². The van der Waals surface area contributed by atoms with Gasteiger partial charge < -0.3 is 10.1 Å². The summed E-state index contributed by atoms with van der Waals surface area (Å²) in [6, 6.07) is 5.75. The average Bonchev–Trinajstić information content (AvgIpc) is 3.09. The van der Waals surface area contributed by atoms with E-state index >= 15 is 0 Å². The summed E-state index contributed by atoms with van der Waals surface area (Å²) >= 11 is 1.87. The first-order valence-corrected chi connectivity index (χ1v) is 7.87. The van der Waals surface area contributed by atoms with E-state index in [0.29, 0.717) is 6.04 Å². The summed E-state index contributed by atoms with van der Waals surface area (Å²) in [4.78, 5) is 4.09. The first-order chi connectivity index (χ1) is 8.92. The maximum Gasteiger partial charge on any atom is 0.0634 e. The number of morpholine rings is 1. The lowest BCUT2D eigenvalue weighted by Crippen LogP contribution is -2.51. The molecule has 0 spiro atoms. The molecule has 1 aromatic rings. The summed E-state index contributed by atoms with van der Waals surface area (Å²) < 4.78 is 5.62. The van der Waals surface area contributed by atoms with Crippen molar-refractivity contribution < 1.29 is 4.74 Å². The number of nitrogens with zero attached hydrogens (tertiary/aromatic N) is 1. The lowest BCUT2D eigenvalue weighted by molar-refractivity contribution is -0.00620. The highest BCUT2D eigenvalue weighted by Gasteiger charge is 2.26. The van der Waals surface area contributed by atoms with Crippen molar-refractivity contribution in [2.75, 3.05) is 32.8 Å². The second-order valence-corrected chi connectivity index (χ2v) is 6.31. The summed E-state index contributed by atoms with van der Waals surface area (Å²) in [6.45, 7) is 5.13. The molecule has 1 atom stereocenters. The van der Waals surface area contributed by atoms with Crippen molar-refractivity contribution in [3.05, 3.63) is 22.4 Å². The van der Waals surface area contributed by atoms with Gasteiger partial charge in [-0.25, -0.2) is 0 Å². The zero-order valence-corrected chi connectivity index (χ0v) is 11.6. The smallest absolute Gasteiger partial charge is 0.0634 e. The van der Waals surface area contributed by atoms with E-state index in [0.717, 1.165) is 32.3 Å². The number of hydrogen-bond donors (Lipinski definition) is 1. The molecule has 1 aliphatic heterocycles. The van der Waals surface area contributed by atoms with Crippen molar-refractivity contribution in [3.8, 4) is 0 Å². The SMILES string of the molecule is c1csc(CCN2CCOCC2CNC2CC2)c1. The van der Waals surface area contributed by atoms with Crippen LogP contribution in [0.5, 0.6) is 0 Å². The van der Waals surface area contributed by atoms with E-state index in [1.807, 2.05) is 11.3 Å². The minimum absolute atomic E-state index is 0.569. The average molecular weight is 266 g/mol. The van der Waals surface area contributed by atoms with Crippen LogP contribution in [-0.2, 0) is 11.2 Å². The molecule has 3 nitrogen and oxygen atoms in total. The summed E-state index contributed by atoms with van der Waals surface area (Å²) in [5.41, 5.74) is 0. The van der Waals surface area contributed by atoms with Gasteiger partial charge in [0.1, 0.15) is 0 Å². The van der Waals surface area contributed by atoms with Crippen LogP contribution in [-0.4, -0.2) is 49.8 Å². The van der Waals surface area contributed by atoms with Crippen LogP contribution in [0.25, 0.3) is 0 Å². The van der Waals surface area contributed by atoms with E-state index < -0.39 is 0 Å². The largest absolute Gasteiger partial charge is 0.378 e. The summed E-state index contributed by atoms with van der Waals surface area (Å²) in [5, 5.41) is 5.80. The molecule has 2 heterocycles. The quantitative estimate of drug-likeness (QED) is 0.849. The van der Waals surface area contributed by atoms with Crippen molar-refractivity contribution in [1.82, 2.24) is 10.2 Å². The van der Waals surface area contributed by atoms with Crippen LogP contribution in [0.3, 0.4) is 0 Å². The molecule has 2 fully saturated rings. The van der Waals surface area contributed by atoms with E-state index in [4.69, 9.17) is 4.74 Å². The van der Waals surface area contributed by atoms with Crippen molar-refractivity contribution in [1.29, 1.82) is 0 Å². The van der Waals surface area contributed by atoms with Crippen molar-refractivity contribution in [3.63, 3.8) is 0 Å². The van der Waals surface area contributed by atoms with Gasteiger partial charge in [-0.15, -0.1) is 11.3 Å². The second kappa shape index (κ2) is 6.15. The molecule has 1 unspecified atom stereocenters. The van der Waals surface area contributed by atoms with Gasteiger partial charge in [0.15, 0.2) is 0 Å². The van der Waals surface area contributed by atoms with E-state index in [9.17, 15) is 0 Å². The molecule has 2 aliphatic rings. The highest BCUT2D eigenvalue weighted by molar-refractivity contribution is 7.09. The predicted molar refractivity (Wildman–Crippen MR) is 75.2 cm³/mol. The zero-order valence-electron chi connectivity index (χ0n) is 10.8. The van der Waals surface area contributed by atoms with Gasteiger partial charge in [0.25, 0.3) is 0 Å². The van der Waals surface area contributed by atoms with Crippen molar-refractivity contribution in [2.24, 2.45) is 0 Å². The molecule has 100 valence electrons. The van der Waals surface area contributed by atoms with E-state index in [-0.39, 0.29) is 0 Å². The van der Waals surface area contributed by atoms with Gasteiger partial charge in [0, 0.05) is 36.6 Å². The Morgan fingerprint density at radius 1 is 1.44 bits per heavy atom. The number of thiophene rings is 1. The Labute approximate surface area is 113 Å². The number of hydrogen-bond acceptors (Lipinski definition) is 4. The minimum Gasteiger partial charge on any atom is -0.378 e. The molecule has 1 saturated carbocycles. The van der Waals surface area contributed by atoms with Crippen LogP contribution < -0.4 is 5.32 Å². The number of nitrogens with one attached hydrogen (secondary N) is 1. The normalized spacial score (nSPS) is 25.4. The number of rotatable bonds is 6. The maximum atomic E-state index is 5.62. The third-order valence-corrected chi connectivity index (χ3v) is 4.73. The lowest BCUT2D eigenvalue weighted by atomic mass is 10.2. The minimum atomic E-state index is 0.569. The molecule has 18 heavy (non-hydrogen) atoms. The third-order valence-electron chi connectivity index (χ3n) is 3.79. The fourth-order valence-corrected chi connectivity index (χ4v) is 3.17.